The Morgan fingerprint density at radius 2 is 1.93 bits per heavy atom. The lowest BCUT2D eigenvalue weighted by Gasteiger charge is -2.15. The average Bonchev–Trinajstić information content (AvgIpc) is 2.56. The van der Waals surface area contributed by atoms with Crippen LogP contribution < -0.4 is 16.5 Å². The Bertz CT molecular complexity index is 892. The molecule has 0 amide bonds. The van der Waals surface area contributed by atoms with E-state index in [1.807, 2.05) is 0 Å². The van der Waals surface area contributed by atoms with E-state index in [1.54, 1.807) is 12.1 Å². The van der Waals surface area contributed by atoms with Gasteiger partial charge in [-0.25, -0.2) is 14.4 Å². The maximum absolute atomic E-state index is 12.2. The van der Waals surface area contributed by atoms with Gasteiger partial charge in [0, 0.05) is 17.5 Å². The molecule has 0 bridgehead atoms. The molecule has 8 nitrogen and oxygen atoms in total. The molecule has 0 aliphatic carbocycles. The van der Waals surface area contributed by atoms with Crippen LogP contribution in [0.25, 0.3) is 11.0 Å². The van der Waals surface area contributed by atoms with Gasteiger partial charge in [-0.15, -0.1) is 0 Å². The first-order valence-electron chi connectivity index (χ1n) is 7.23. The van der Waals surface area contributed by atoms with Crippen molar-refractivity contribution in [2.45, 2.75) is 25.1 Å². The highest BCUT2D eigenvalue weighted by atomic mass is 19.4. The average molecular weight is 391 g/mol. The molecule has 4 N–H and O–H groups in total. The zero-order valence-electron chi connectivity index (χ0n) is 14.0. The monoisotopic (exact) mass is 391 g/mol. The number of alkyl halides is 3. The molecule has 0 aliphatic rings. The number of carbonyl (C=O) groups is 2. The molecule has 0 saturated heterocycles. The highest BCUT2D eigenvalue weighted by Crippen LogP contribution is 2.24. The Hall–Kier alpha value is -3.08. The third-order valence-corrected chi connectivity index (χ3v) is 3.47. The third-order valence-electron chi connectivity index (χ3n) is 3.47. The van der Waals surface area contributed by atoms with Crippen molar-refractivity contribution in [2.24, 2.45) is 0 Å². The minimum atomic E-state index is -5.30. The largest absolute Gasteiger partial charge is 0.497 e. The number of halogens is 3. The summed E-state index contributed by atoms with van der Waals surface area (Å²) < 4.78 is 50.7. The van der Waals surface area contributed by atoms with Crippen LogP contribution in [0.15, 0.2) is 33.5 Å². The minimum Gasteiger partial charge on any atom is -0.497 e. The number of rotatable bonds is 6. The van der Waals surface area contributed by atoms with Crippen LogP contribution in [0.1, 0.15) is 12.0 Å². The molecule has 0 saturated carbocycles. The van der Waals surface area contributed by atoms with Gasteiger partial charge in [0.15, 0.2) is 6.10 Å². The topological polar surface area (TPSA) is 138 Å². The molecular weight excluding hydrogens is 375 g/mol. The molecule has 1 atom stereocenters. The fourth-order valence-electron chi connectivity index (χ4n) is 2.26. The Balaban J connectivity index is 0.00000364. The summed E-state index contributed by atoms with van der Waals surface area (Å²) in [4.78, 5) is 33.5. The van der Waals surface area contributed by atoms with Crippen LogP contribution in [0.5, 0.6) is 5.75 Å². The van der Waals surface area contributed by atoms with Crippen LogP contribution in [0.2, 0.25) is 0 Å². The van der Waals surface area contributed by atoms with E-state index in [2.05, 4.69) is 4.74 Å². The maximum atomic E-state index is 12.2. The number of benzene rings is 1. The maximum Gasteiger partial charge on any atom is 0.490 e. The second-order valence-corrected chi connectivity index (χ2v) is 5.22. The summed E-state index contributed by atoms with van der Waals surface area (Å²) in [7, 11) is 1.41. The summed E-state index contributed by atoms with van der Waals surface area (Å²) in [5.74, 6) is -3.90. The van der Waals surface area contributed by atoms with Crippen molar-refractivity contribution in [1.82, 2.24) is 6.15 Å². The van der Waals surface area contributed by atoms with Crippen molar-refractivity contribution in [3.63, 3.8) is 0 Å². The van der Waals surface area contributed by atoms with E-state index in [0.717, 1.165) is 6.07 Å². The number of carbonyl (C=O) groups excluding carboxylic acids is 1. The van der Waals surface area contributed by atoms with Crippen LogP contribution in [0, 0.1) is 0 Å². The van der Waals surface area contributed by atoms with E-state index >= 15 is 0 Å². The summed E-state index contributed by atoms with van der Waals surface area (Å²) in [5.41, 5.74) is -0.209. The standard InChI is InChI=1S/C16H13F3O7.H3N/c1-24-9-3-4-10-8(6-13(20)25-12(10)7-9)2-5-11(14(21)22)26-15(23)16(17,18)19;/h3-4,6-7,11H,2,5H2,1H3,(H,21,22);1H3/t11-;/m0./s1. The van der Waals surface area contributed by atoms with Gasteiger partial charge >= 0.3 is 23.7 Å². The van der Waals surface area contributed by atoms with E-state index in [4.69, 9.17) is 14.3 Å². The quantitative estimate of drug-likeness (QED) is 0.566. The van der Waals surface area contributed by atoms with E-state index in [9.17, 15) is 27.6 Å². The smallest absolute Gasteiger partial charge is 0.490 e. The lowest BCUT2D eigenvalue weighted by Crippen LogP contribution is -2.34. The molecular formula is C16H16F3NO7. The Labute approximate surface area is 150 Å². The van der Waals surface area contributed by atoms with Gasteiger partial charge in [-0.1, -0.05) is 0 Å². The van der Waals surface area contributed by atoms with Crippen molar-refractivity contribution < 1.29 is 41.8 Å². The van der Waals surface area contributed by atoms with Crippen molar-refractivity contribution in [1.29, 1.82) is 0 Å². The van der Waals surface area contributed by atoms with Crippen LogP contribution in [-0.4, -0.2) is 36.4 Å². The van der Waals surface area contributed by atoms with Gasteiger partial charge in [-0.3, -0.25) is 0 Å². The SMILES string of the molecule is COc1ccc2c(CC[C@H](OC(=O)C(F)(F)F)C(=O)O)cc(=O)oc2c1.N. The van der Waals surface area contributed by atoms with Crippen LogP contribution in [0.3, 0.4) is 0 Å². The predicted molar refractivity (Wildman–Crippen MR) is 85.9 cm³/mol. The van der Waals surface area contributed by atoms with Crippen LogP contribution in [0.4, 0.5) is 13.2 Å². The fourth-order valence-corrected chi connectivity index (χ4v) is 2.26. The van der Waals surface area contributed by atoms with E-state index in [1.165, 1.54) is 13.2 Å². The Kier molecular flexibility index (Phi) is 6.94. The number of carboxylic acid groups (broad SMARTS) is 1. The molecule has 11 heteroatoms. The van der Waals surface area contributed by atoms with Gasteiger partial charge in [0.25, 0.3) is 0 Å². The summed E-state index contributed by atoms with van der Waals surface area (Å²) in [6.07, 6.45) is -7.90. The summed E-state index contributed by atoms with van der Waals surface area (Å²) in [6.45, 7) is 0. The highest BCUT2D eigenvalue weighted by molar-refractivity contribution is 5.82. The zero-order valence-corrected chi connectivity index (χ0v) is 14.0. The molecule has 1 aromatic carbocycles. The summed E-state index contributed by atoms with van der Waals surface area (Å²) in [5, 5.41) is 9.42. The lowest BCUT2D eigenvalue weighted by atomic mass is 10.0. The van der Waals surface area contributed by atoms with Crippen molar-refractivity contribution in [2.75, 3.05) is 7.11 Å². The molecule has 0 unspecified atom stereocenters. The molecule has 0 radical (unpaired) electrons. The highest BCUT2D eigenvalue weighted by Gasteiger charge is 2.43. The van der Waals surface area contributed by atoms with Gasteiger partial charge in [-0.05, 0) is 30.5 Å². The summed E-state index contributed by atoms with van der Waals surface area (Å²) in [6, 6.07) is 5.67. The van der Waals surface area contributed by atoms with Crippen molar-refractivity contribution >= 4 is 22.9 Å². The van der Waals surface area contributed by atoms with Crippen molar-refractivity contribution in [3.05, 3.63) is 40.2 Å². The molecule has 148 valence electrons. The van der Waals surface area contributed by atoms with Crippen molar-refractivity contribution in [3.8, 4) is 5.75 Å². The van der Waals surface area contributed by atoms with Crippen LogP contribution >= 0.6 is 0 Å². The second-order valence-electron chi connectivity index (χ2n) is 5.22. The van der Waals surface area contributed by atoms with Crippen LogP contribution in [-0.2, 0) is 20.7 Å². The van der Waals surface area contributed by atoms with E-state index in [0.29, 0.717) is 16.7 Å². The lowest BCUT2D eigenvalue weighted by molar-refractivity contribution is -0.207. The number of hydrogen-bond donors (Lipinski definition) is 2. The molecule has 2 aromatic rings. The molecule has 0 aliphatic heterocycles. The molecule has 0 fully saturated rings. The predicted octanol–water partition coefficient (Wildman–Crippen LogP) is 2.45. The number of hydrogen-bond acceptors (Lipinski definition) is 7. The number of aryl methyl sites for hydroxylation is 1. The van der Waals surface area contributed by atoms with Gasteiger partial charge in [0.2, 0.25) is 0 Å². The second kappa shape index (κ2) is 8.54. The number of ether oxygens (including phenoxy) is 2. The molecule has 0 spiro atoms. The number of carboxylic acids is 1. The summed E-state index contributed by atoms with van der Waals surface area (Å²) >= 11 is 0. The Morgan fingerprint density at radius 1 is 1.26 bits per heavy atom. The van der Waals surface area contributed by atoms with Gasteiger partial charge in [0.05, 0.1) is 7.11 Å². The minimum absolute atomic E-state index is 0. The molecule has 2 rings (SSSR count). The zero-order chi connectivity index (χ0) is 19.5. The molecule has 1 heterocycles. The fraction of sp³-hybridized carbons (Fsp3) is 0.312. The number of methoxy groups -OCH3 is 1. The van der Waals surface area contributed by atoms with Gasteiger partial charge < -0.3 is 25.1 Å². The first kappa shape index (κ1) is 22.0. The van der Waals surface area contributed by atoms with Gasteiger partial charge in [0.1, 0.15) is 11.3 Å². The first-order chi connectivity index (χ1) is 12.1. The molecule has 1 aromatic heterocycles. The normalized spacial score (nSPS) is 12.1. The van der Waals surface area contributed by atoms with Gasteiger partial charge in [-0.2, -0.15) is 13.2 Å². The number of esters is 1. The first-order valence-corrected chi connectivity index (χ1v) is 7.23. The number of aliphatic carboxylic acids is 1. The molecule has 27 heavy (non-hydrogen) atoms. The number of fused-ring (bicyclic) bond motifs is 1. The third kappa shape index (κ3) is 5.45. The van der Waals surface area contributed by atoms with E-state index < -0.39 is 36.3 Å². The Morgan fingerprint density at radius 3 is 2.48 bits per heavy atom. The van der Waals surface area contributed by atoms with E-state index in [-0.39, 0.29) is 18.2 Å².